The lowest BCUT2D eigenvalue weighted by atomic mass is 10.1. The molecule has 1 N–H and O–H groups in total. The quantitative estimate of drug-likeness (QED) is 0.847. The summed E-state index contributed by atoms with van der Waals surface area (Å²) < 4.78 is 24.9. The van der Waals surface area contributed by atoms with Crippen LogP contribution in [-0.2, 0) is 0 Å². The molecule has 4 nitrogen and oxygen atoms in total. The van der Waals surface area contributed by atoms with E-state index >= 15 is 0 Å². The smallest absolute Gasteiger partial charge is 0.254 e. The van der Waals surface area contributed by atoms with Crippen LogP contribution in [0.25, 0.3) is 0 Å². The highest BCUT2D eigenvalue weighted by molar-refractivity contribution is 9.10. The highest BCUT2D eigenvalue weighted by Gasteiger charge is 2.16. The highest BCUT2D eigenvalue weighted by Crippen LogP contribution is 2.30. The number of nitrogens with one attached hydrogen (secondary N) is 1. The zero-order valence-corrected chi connectivity index (χ0v) is 14.6. The molecule has 1 unspecified atom stereocenters. The monoisotopic (exact) mass is 381 g/mol. The maximum absolute atomic E-state index is 13.8. The first kappa shape index (κ1) is 17.3. The van der Waals surface area contributed by atoms with E-state index in [9.17, 15) is 9.18 Å². The first-order valence-corrected chi connectivity index (χ1v) is 7.73. The molecule has 0 fully saturated rings. The second-order valence-electron chi connectivity index (χ2n) is 4.93. The summed E-state index contributed by atoms with van der Waals surface area (Å²) in [7, 11) is 3.10. The van der Waals surface area contributed by atoms with Crippen molar-refractivity contribution in [1.82, 2.24) is 5.32 Å². The number of methoxy groups -OCH3 is 2. The molecule has 0 radical (unpaired) electrons. The van der Waals surface area contributed by atoms with E-state index in [0.717, 1.165) is 5.56 Å². The van der Waals surface area contributed by atoms with Crippen LogP contribution in [0.3, 0.4) is 0 Å². The Morgan fingerprint density at radius 1 is 1.13 bits per heavy atom. The highest BCUT2D eigenvalue weighted by atomic mass is 79.9. The van der Waals surface area contributed by atoms with Gasteiger partial charge in [0.05, 0.1) is 25.8 Å². The molecule has 0 aliphatic heterocycles. The van der Waals surface area contributed by atoms with Gasteiger partial charge in [-0.1, -0.05) is 22.0 Å². The van der Waals surface area contributed by atoms with E-state index in [-0.39, 0.29) is 11.6 Å². The number of carbonyl (C=O) groups excluding carboxylic acids is 1. The Hall–Kier alpha value is -2.08. The van der Waals surface area contributed by atoms with Gasteiger partial charge < -0.3 is 14.8 Å². The van der Waals surface area contributed by atoms with E-state index in [4.69, 9.17) is 9.47 Å². The molecule has 0 saturated carbocycles. The van der Waals surface area contributed by atoms with E-state index in [0.29, 0.717) is 16.0 Å². The Bertz CT molecular complexity index is 721. The predicted octanol–water partition coefficient (Wildman–Crippen LogP) is 4.10. The Kier molecular flexibility index (Phi) is 5.60. The summed E-state index contributed by atoms with van der Waals surface area (Å²) in [6, 6.07) is 9.37. The second-order valence-corrected chi connectivity index (χ2v) is 5.85. The Morgan fingerprint density at radius 2 is 1.83 bits per heavy atom. The summed E-state index contributed by atoms with van der Waals surface area (Å²) >= 11 is 3.16. The van der Waals surface area contributed by atoms with Gasteiger partial charge in [0.15, 0.2) is 11.5 Å². The van der Waals surface area contributed by atoms with E-state index in [2.05, 4.69) is 21.2 Å². The van der Waals surface area contributed by atoms with E-state index in [1.165, 1.54) is 12.1 Å². The summed E-state index contributed by atoms with van der Waals surface area (Å²) in [5.41, 5.74) is 0.828. The van der Waals surface area contributed by atoms with E-state index < -0.39 is 11.7 Å². The minimum atomic E-state index is -0.573. The van der Waals surface area contributed by atoms with Gasteiger partial charge in [0, 0.05) is 4.47 Å². The van der Waals surface area contributed by atoms with Crippen molar-refractivity contribution in [3.05, 3.63) is 57.8 Å². The molecular formula is C17H17BrFNO3. The molecule has 1 atom stereocenters. The Morgan fingerprint density at radius 3 is 2.43 bits per heavy atom. The fourth-order valence-corrected chi connectivity index (χ4v) is 2.49. The molecule has 0 bridgehead atoms. The van der Waals surface area contributed by atoms with Gasteiger partial charge in [-0.25, -0.2) is 4.39 Å². The molecule has 0 aliphatic carbocycles. The number of ether oxygens (including phenoxy) is 2. The van der Waals surface area contributed by atoms with Crippen molar-refractivity contribution in [2.75, 3.05) is 14.2 Å². The van der Waals surface area contributed by atoms with Crippen molar-refractivity contribution in [1.29, 1.82) is 0 Å². The number of hydrogen-bond acceptors (Lipinski definition) is 3. The summed E-state index contributed by atoms with van der Waals surface area (Å²) in [6.07, 6.45) is 0. The molecule has 2 aromatic carbocycles. The van der Waals surface area contributed by atoms with Gasteiger partial charge in [-0.3, -0.25) is 4.79 Å². The van der Waals surface area contributed by atoms with Crippen LogP contribution in [0.5, 0.6) is 11.5 Å². The average Bonchev–Trinajstić information content (AvgIpc) is 2.53. The molecule has 1 amide bonds. The minimum absolute atomic E-state index is 0.000488. The molecule has 0 aliphatic rings. The Labute approximate surface area is 142 Å². The number of benzene rings is 2. The summed E-state index contributed by atoms with van der Waals surface area (Å²) in [6.45, 7) is 1.82. The lowest BCUT2D eigenvalue weighted by molar-refractivity contribution is 0.0935. The molecule has 0 aromatic heterocycles. The van der Waals surface area contributed by atoms with Crippen LogP contribution >= 0.6 is 15.9 Å². The first-order chi connectivity index (χ1) is 11.0. The molecule has 0 spiro atoms. The second kappa shape index (κ2) is 7.46. The molecule has 0 saturated heterocycles. The molecule has 0 heterocycles. The fourth-order valence-electron chi connectivity index (χ4n) is 2.15. The van der Waals surface area contributed by atoms with Crippen LogP contribution in [0.2, 0.25) is 0 Å². The lowest BCUT2D eigenvalue weighted by Gasteiger charge is -2.17. The molecule has 2 rings (SSSR count). The van der Waals surface area contributed by atoms with Crippen molar-refractivity contribution >= 4 is 21.8 Å². The summed E-state index contributed by atoms with van der Waals surface area (Å²) in [5, 5.41) is 2.77. The standard InChI is InChI=1S/C17H17BrFNO3/c1-10(11-4-7-15(22-2)16(8-11)23-3)20-17(21)13-6-5-12(18)9-14(13)19/h4-10H,1-3H3,(H,20,21). The zero-order valence-electron chi connectivity index (χ0n) is 13.0. The van der Waals surface area contributed by atoms with Crippen LogP contribution < -0.4 is 14.8 Å². The van der Waals surface area contributed by atoms with Crippen LogP contribution in [-0.4, -0.2) is 20.1 Å². The average molecular weight is 382 g/mol. The maximum Gasteiger partial charge on any atom is 0.254 e. The summed E-state index contributed by atoms with van der Waals surface area (Å²) in [4.78, 5) is 12.2. The summed E-state index contributed by atoms with van der Waals surface area (Å²) in [5.74, 6) is 0.128. The number of hydrogen-bond donors (Lipinski definition) is 1. The third-order valence-electron chi connectivity index (χ3n) is 3.43. The van der Waals surface area contributed by atoms with E-state index in [1.807, 2.05) is 13.0 Å². The zero-order chi connectivity index (χ0) is 17.0. The van der Waals surface area contributed by atoms with Gasteiger partial charge in [-0.15, -0.1) is 0 Å². The number of carbonyl (C=O) groups is 1. The van der Waals surface area contributed by atoms with E-state index in [1.54, 1.807) is 32.4 Å². The normalized spacial score (nSPS) is 11.7. The van der Waals surface area contributed by atoms with Crippen molar-refractivity contribution in [3.8, 4) is 11.5 Å². The third kappa shape index (κ3) is 4.01. The largest absolute Gasteiger partial charge is 0.493 e. The molecule has 6 heteroatoms. The fraction of sp³-hybridized carbons (Fsp3) is 0.235. The number of halogens is 2. The minimum Gasteiger partial charge on any atom is -0.493 e. The topological polar surface area (TPSA) is 47.6 Å². The van der Waals surface area contributed by atoms with Gasteiger partial charge in [0.25, 0.3) is 5.91 Å². The lowest BCUT2D eigenvalue weighted by Crippen LogP contribution is -2.27. The molecular weight excluding hydrogens is 365 g/mol. The van der Waals surface area contributed by atoms with Gasteiger partial charge in [0.1, 0.15) is 5.82 Å². The predicted molar refractivity (Wildman–Crippen MR) is 89.5 cm³/mol. The molecule has 23 heavy (non-hydrogen) atoms. The first-order valence-electron chi connectivity index (χ1n) is 6.94. The van der Waals surface area contributed by atoms with Crippen LogP contribution in [0.4, 0.5) is 4.39 Å². The van der Waals surface area contributed by atoms with Crippen LogP contribution in [0.1, 0.15) is 28.9 Å². The molecule has 122 valence electrons. The van der Waals surface area contributed by atoms with Crippen molar-refractivity contribution in [2.45, 2.75) is 13.0 Å². The van der Waals surface area contributed by atoms with Gasteiger partial charge in [-0.05, 0) is 42.8 Å². The van der Waals surface area contributed by atoms with Gasteiger partial charge >= 0.3 is 0 Å². The third-order valence-corrected chi connectivity index (χ3v) is 3.92. The maximum atomic E-state index is 13.8. The Balaban J connectivity index is 2.18. The number of rotatable bonds is 5. The van der Waals surface area contributed by atoms with Gasteiger partial charge in [0.2, 0.25) is 0 Å². The van der Waals surface area contributed by atoms with Crippen LogP contribution in [0, 0.1) is 5.82 Å². The SMILES string of the molecule is COc1ccc(C(C)NC(=O)c2ccc(Br)cc2F)cc1OC. The van der Waals surface area contributed by atoms with Crippen molar-refractivity contribution in [2.24, 2.45) is 0 Å². The number of amides is 1. The molecule has 2 aromatic rings. The van der Waals surface area contributed by atoms with Crippen molar-refractivity contribution < 1.29 is 18.7 Å². The van der Waals surface area contributed by atoms with Crippen molar-refractivity contribution in [3.63, 3.8) is 0 Å². The van der Waals surface area contributed by atoms with Crippen LogP contribution in [0.15, 0.2) is 40.9 Å². The van der Waals surface area contributed by atoms with Gasteiger partial charge in [-0.2, -0.15) is 0 Å².